The summed E-state index contributed by atoms with van der Waals surface area (Å²) in [5.41, 5.74) is 1.11. The molecule has 2 aromatic carbocycles. The van der Waals surface area contributed by atoms with E-state index in [9.17, 15) is 14.9 Å². The average Bonchev–Trinajstić information content (AvgIpc) is 2.41. The van der Waals surface area contributed by atoms with Crippen molar-refractivity contribution in [3.8, 4) is 0 Å². The fraction of sp³-hybridized carbons (Fsp3) is 0.0714. The van der Waals surface area contributed by atoms with Gasteiger partial charge in [-0.3, -0.25) is 14.9 Å². The van der Waals surface area contributed by atoms with Crippen LogP contribution in [-0.4, -0.2) is 10.8 Å². The Hall–Kier alpha value is -2.40. The number of benzene rings is 2. The Morgan fingerprint density at radius 2 is 1.85 bits per heavy atom. The van der Waals surface area contributed by atoms with Gasteiger partial charge < -0.3 is 5.32 Å². The summed E-state index contributed by atoms with van der Waals surface area (Å²) in [4.78, 5) is 22.5. The zero-order chi connectivity index (χ0) is 14.7. The van der Waals surface area contributed by atoms with Crippen molar-refractivity contribution in [2.45, 2.75) is 6.92 Å². The van der Waals surface area contributed by atoms with E-state index >= 15 is 0 Å². The molecule has 2 rings (SSSR count). The first-order valence-corrected chi connectivity index (χ1v) is 6.17. The van der Waals surface area contributed by atoms with E-state index in [0.29, 0.717) is 10.7 Å². The van der Waals surface area contributed by atoms with E-state index in [1.54, 1.807) is 37.3 Å². The lowest BCUT2D eigenvalue weighted by molar-refractivity contribution is -0.385. The highest BCUT2D eigenvalue weighted by atomic mass is 35.5. The molecule has 0 saturated carbocycles. The summed E-state index contributed by atoms with van der Waals surface area (Å²) < 4.78 is 0. The monoisotopic (exact) mass is 290 g/mol. The molecule has 0 aliphatic carbocycles. The van der Waals surface area contributed by atoms with Gasteiger partial charge in [-0.1, -0.05) is 17.7 Å². The van der Waals surface area contributed by atoms with Gasteiger partial charge >= 0.3 is 0 Å². The molecule has 1 amide bonds. The van der Waals surface area contributed by atoms with E-state index in [-0.39, 0.29) is 11.3 Å². The third-order valence-electron chi connectivity index (χ3n) is 2.70. The second-order valence-corrected chi connectivity index (χ2v) is 4.68. The molecule has 6 heteroatoms. The van der Waals surface area contributed by atoms with Gasteiger partial charge in [0.2, 0.25) is 0 Å². The molecular weight excluding hydrogens is 280 g/mol. The quantitative estimate of drug-likeness (QED) is 0.690. The first-order valence-electron chi connectivity index (χ1n) is 5.79. The van der Waals surface area contributed by atoms with Crippen LogP contribution in [0.15, 0.2) is 42.5 Å². The van der Waals surface area contributed by atoms with E-state index in [2.05, 4.69) is 5.32 Å². The van der Waals surface area contributed by atoms with E-state index < -0.39 is 10.8 Å². The average molecular weight is 291 g/mol. The molecule has 0 saturated heterocycles. The molecule has 0 heterocycles. The number of anilines is 1. The highest BCUT2D eigenvalue weighted by molar-refractivity contribution is 6.30. The third-order valence-corrected chi connectivity index (χ3v) is 2.95. The predicted molar refractivity (Wildman–Crippen MR) is 77.2 cm³/mol. The van der Waals surface area contributed by atoms with Crippen LogP contribution < -0.4 is 5.32 Å². The van der Waals surface area contributed by atoms with Gasteiger partial charge in [-0.25, -0.2) is 0 Å². The molecule has 0 spiro atoms. The van der Waals surface area contributed by atoms with Crippen molar-refractivity contribution in [1.29, 1.82) is 0 Å². The van der Waals surface area contributed by atoms with Gasteiger partial charge in [0.25, 0.3) is 11.6 Å². The highest BCUT2D eigenvalue weighted by Gasteiger charge is 2.20. The number of hydrogen-bond donors (Lipinski definition) is 1. The standard InChI is InChI=1S/C14H11ClN2O3/c1-9-2-7-13(17(19)20)12(8-9)14(18)16-11-5-3-10(15)4-6-11/h2-8H,1H3,(H,16,18). The van der Waals surface area contributed by atoms with Gasteiger partial charge in [-0.2, -0.15) is 0 Å². The predicted octanol–water partition coefficient (Wildman–Crippen LogP) is 3.81. The molecule has 0 unspecified atom stereocenters. The maximum Gasteiger partial charge on any atom is 0.282 e. The lowest BCUT2D eigenvalue weighted by Crippen LogP contribution is -2.14. The molecule has 2 aromatic rings. The Balaban J connectivity index is 2.31. The Kier molecular flexibility index (Phi) is 4.00. The van der Waals surface area contributed by atoms with Crippen LogP contribution >= 0.6 is 11.6 Å². The van der Waals surface area contributed by atoms with E-state index in [4.69, 9.17) is 11.6 Å². The number of rotatable bonds is 3. The van der Waals surface area contributed by atoms with Crippen LogP contribution in [0.3, 0.4) is 0 Å². The number of hydrogen-bond acceptors (Lipinski definition) is 3. The molecule has 0 radical (unpaired) electrons. The highest BCUT2D eigenvalue weighted by Crippen LogP contribution is 2.22. The zero-order valence-corrected chi connectivity index (χ0v) is 11.3. The van der Waals surface area contributed by atoms with E-state index in [1.807, 2.05) is 0 Å². The molecule has 0 bridgehead atoms. The van der Waals surface area contributed by atoms with Crippen LogP contribution in [0, 0.1) is 17.0 Å². The molecule has 0 aliphatic rings. The number of carbonyl (C=O) groups is 1. The minimum absolute atomic E-state index is 0.0324. The van der Waals surface area contributed by atoms with Gasteiger partial charge in [0.1, 0.15) is 5.56 Å². The molecule has 20 heavy (non-hydrogen) atoms. The Labute approximate surface area is 120 Å². The first kappa shape index (κ1) is 14.0. The SMILES string of the molecule is Cc1ccc([N+](=O)[O-])c(C(=O)Nc2ccc(Cl)cc2)c1. The minimum Gasteiger partial charge on any atom is -0.322 e. The van der Waals surface area contributed by atoms with Crippen molar-refractivity contribution in [1.82, 2.24) is 0 Å². The second-order valence-electron chi connectivity index (χ2n) is 4.24. The minimum atomic E-state index is -0.573. The number of nitro groups is 1. The van der Waals surface area contributed by atoms with Crippen molar-refractivity contribution in [2.75, 3.05) is 5.32 Å². The maximum absolute atomic E-state index is 12.1. The Morgan fingerprint density at radius 1 is 1.20 bits per heavy atom. The number of nitro benzene ring substituents is 1. The number of aryl methyl sites for hydroxylation is 1. The first-order chi connectivity index (χ1) is 9.47. The van der Waals surface area contributed by atoms with Crippen LogP contribution in [0.4, 0.5) is 11.4 Å². The number of nitrogens with zero attached hydrogens (tertiary/aromatic N) is 1. The summed E-state index contributed by atoms with van der Waals surface area (Å²) in [5, 5.41) is 14.1. The fourth-order valence-electron chi connectivity index (χ4n) is 1.72. The number of halogens is 1. The normalized spacial score (nSPS) is 10.1. The zero-order valence-electron chi connectivity index (χ0n) is 10.6. The third kappa shape index (κ3) is 3.13. The molecule has 5 nitrogen and oxygen atoms in total. The molecule has 102 valence electrons. The maximum atomic E-state index is 12.1. The summed E-state index contributed by atoms with van der Waals surface area (Å²) in [7, 11) is 0. The summed E-state index contributed by atoms with van der Waals surface area (Å²) in [6, 6.07) is 10.9. The van der Waals surface area contributed by atoms with E-state index in [1.165, 1.54) is 12.1 Å². The number of amides is 1. The van der Waals surface area contributed by atoms with Crippen LogP contribution in [0.1, 0.15) is 15.9 Å². The van der Waals surface area contributed by atoms with Crippen LogP contribution in [0.5, 0.6) is 0 Å². The van der Waals surface area contributed by atoms with Crippen molar-refractivity contribution in [3.05, 3.63) is 68.7 Å². The summed E-state index contributed by atoms with van der Waals surface area (Å²) >= 11 is 5.75. The summed E-state index contributed by atoms with van der Waals surface area (Å²) in [6.45, 7) is 1.77. The van der Waals surface area contributed by atoms with Crippen molar-refractivity contribution in [2.24, 2.45) is 0 Å². The molecule has 0 aliphatic heterocycles. The van der Waals surface area contributed by atoms with Gasteiger partial charge in [0, 0.05) is 16.8 Å². The number of nitrogens with one attached hydrogen (secondary N) is 1. The summed E-state index contributed by atoms with van der Waals surface area (Å²) in [5.74, 6) is -0.525. The van der Waals surface area contributed by atoms with Crippen molar-refractivity contribution < 1.29 is 9.72 Å². The molecule has 0 atom stereocenters. The Bertz CT molecular complexity index is 669. The summed E-state index contributed by atoms with van der Waals surface area (Å²) in [6.07, 6.45) is 0. The van der Waals surface area contributed by atoms with Crippen molar-refractivity contribution >= 4 is 28.9 Å². The van der Waals surface area contributed by atoms with Gasteiger partial charge in [0.05, 0.1) is 4.92 Å². The molecular formula is C14H11ClN2O3. The van der Waals surface area contributed by atoms with Gasteiger partial charge in [0.15, 0.2) is 0 Å². The van der Waals surface area contributed by atoms with Crippen LogP contribution in [0.2, 0.25) is 5.02 Å². The largest absolute Gasteiger partial charge is 0.322 e. The number of carbonyl (C=O) groups excluding carboxylic acids is 1. The van der Waals surface area contributed by atoms with E-state index in [0.717, 1.165) is 5.56 Å². The lowest BCUT2D eigenvalue weighted by Gasteiger charge is -2.06. The van der Waals surface area contributed by atoms with Gasteiger partial charge in [-0.05, 0) is 42.8 Å². The fourth-order valence-corrected chi connectivity index (χ4v) is 1.85. The molecule has 0 aromatic heterocycles. The Morgan fingerprint density at radius 3 is 2.45 bits per heavy atom. The molecule has 0 fully saturated rings. The smallest absolute Gasteiger partial charge is 0.282 e. The topological polar surface area (TPSA) is 72.2 Å². The van der Waals surface area contributed by atoms with Crippen LogP contribution in [-0.2, 0) is 0 Å². The molecule has 1 N–H and O–H groups in total. The van der Waals surface area contributed by atoms with Crippen LogP contribution in [0.25, 0.3) is 0 Å². The van der Waals surface area contributed by atoms with Crippen molar-refractivity contribution in [3.63, 3.8) is 0 Å². The second kappa shape index (κ2) is 5.71. The van der Waals surface area contributed by atoms with Gasteiger partial charge in [-0.15, -0.1) is 0 Å². The lowest BCUT2D eigenvalue weighted by atomic mass is 10.1.